The van der Waals surface area contributed by atoms with Crippen LogP contribution in [0.15, 0.2) is 6.07 Å². The summed E-state index contributed by atoms with van der Waals surface area (Å²) < 4.78 is 11.2. The lowest BCUT2D eigenvalue weighted by Crippen LogP contribution is -2.16. The Bertz CT molecular complexity index is 668. The zero-order valence-electron chi connectivity index (χ0n) is 18.3. The summed E-state index contributed by atoms with van der Waals surface area (Å²) in [5.74, 6) is -1.93. The number of aldehydes is 1. The molecule has 0 aliphatic carbocycles. The molecule has 0 saturated heterocycles. The summed E-state index contributed by atoms with van der Waals surface area (Å²) in [6.07, 6.45) is 6.84. The molecule has 0 saturated carbocycles. The van der Waals surface area contributed by atoms with E-state index in [0.717, 1.165) is 50.4 Å². The van der Waals surface area contributed by atoms with Crippen LogP contribution in [0.2, 0.25) is 0 Å². The molecule has 0 atom stereocenters. The SMILES string of the molecule is CCCCCCc1c(C=O)cc(OC)c(O)c1OC(CC)CC.O=C(O)CC(=O)O. The van der Waals surface area contributed by atoms with Crippen LogP contribution in [-0.2, 0) is 16.0 Å². The van der Waals surface area contributed by atoms with E-state index < -0.39 is 18.4 Å². The summed E-state index contributed by atoms with van der Waals surface area (Å²) in [5, 5.41) is 25.9. The van der Waals surface area contributed by atoms with Crippen molar-refractivity contribution in [2.45, 2.75) is 78.2 Å². The second kappa shape index (κ2) is 15.1. The van der Waals surface area contributed by atoms with Crippen LogP contribution in [0.25, 0.3) is 0 Å². The standard InChI is InChI=1S/C19H30O4.C3H4O4/c1-5-8-9-10-11-16-14(13-20)12-17(22-4)18(21)19(16)23-15(6-2)7-3;4-2(5)1-3(6)7/h12-13,15,21H,5-11H2,1-4H3;1H2,(H,4,5)(H,6,7). The second-order valence-corrected chi connectivity index (χ2v) is 6.77. The molecule has 3 N–H and O–H groups in total. The molecule has 1 aromatic carbocycles. The first-order chi connectivity index (χ1) is 14.2. The number of hydrogen-bond acceptors (Lipinski definition) is 6. The highest BCUT2D eigenvalue weighted by Gasteiger charge is 2.21. The van der Waals surface area contributed by atoms with Crippen molar-refractivity contribution in [2.75, 3.05) is 7.11 Å². The zero-order valence-corrected chi connectivity index (χ0v) is 18.3. The van der Waals surface area contributed by atoms with E-state index in [9.17, 15) is 19.5 Å². The Hall–Kier alpha value is -2.77. The molecule has 0 spiro atoms. The van der Waals surface area contributed by atoms with Gasteiger partial charge in [-0.1, -0.05) is 40.0 Å². The normalized spacial score (nSPS) is 10.2. The van der Waals surface area contributed by atoms with E-state index in [2.05, 4.69) is 6.92 Å². The molecule has 1 rings (SSSR count). The van der Waals surface area contributed by atoms with Crippen molar-refractivity contribution >= 4 is 18.2 Å². The largest absolute Gasteiger partial charge is 0.502 e. The van der Waals surface area contributed by atoms with E-state index >= 15 is 0 Å². The monoisotopic (exact) mass is 426 g/mol. The summed E-state index contributed by atoms with van der Waals surface area (Å²) >= 11 is 0. The smallest absolute Gasteiger partial charge is 0.314 e. The average Bonchev–Trinajstić information content (AvgIpc) is 2.70. The van der Waals surface area contributed by atoms with Gasteiger partial charge in [0.2, 0.25) is 5.75 Å². The number of unbranched alkanes of at least 4 members (excludes halogenated alkanes) is 3. The van der Waals surface area contributed by atoms with Crippen LogP contribution in [0.4, 0.5) is 0 Å². The van der Waals surface area contributed by atoms with Gasteiger partial charge in [0.05, 0.1) is 13.2 Å². The topological polar surface area (TPSA) is 130 Å². The third-order valence-electron chi connectivity index (χ3n) is 4.48. The first-order valence-electron chi connectivity index (χ1n) is 10.2. The molecule has 0 amide bonds. The minimum Gasteiger partial charge on any atom is -0.502 e. The maximum absolute atomic E-state index is 11.5. The fourth-order valence-electron chi connectivity index (χ4n) is 2.81. The van der Waals surface area contributed by atoms with Gasteiger partial charge in [0.15, 0.2) is 17.8 Å². The van der Waals surface area contributed by atoms with Gasteiger partial charge in [-0.25, -0.2) is 0 Å². The molecular weight excluding hydrogens is 392 g/mol. The molecule has 8 heteroatoms. The van der Waals surface area contributed by atoms with E-state index in [0.29, 0.717) is 11.3 Å². The Kier molecular flexibility index (Phi) is 13.7. The highest BCUT2D eigenvalue weighted by Crippen LogP contribution is 2.42. The summed E-state index contributed by atoms with van der Waals surface area (Å²) in [4.78, 5) is 30.3. The Balaban J connectivity index is 0.00000103. The number of phenolic OH excluding ortho intramolecular Hbond substituents is 1. The summed E-state index contributed by atoms with van der Waals surface area (Å²) in [6.45, 7) is 6.26. The van der Waals surface area contributed by atoms with Crippen molar-refractivity contribution in [3.63, 3.8) is 0 Å². The Labute approximate surface area is 177 Å². The van der Waals surface area contributed by atoms with Crippen LogP contribution in [0.1, 0.15) is 81.6 Å². The van der Waals surface area contributed by atoms with Gasteiger partial charge >= 0.3 is 11.9 Å². The fraction of sp³-hybridized carbons (Fsp3) is 0.591. The number of phenols is 1. The summed E-state index contributed by atoms with van der Waals surface area (Å²) in [5.41, 5.74) is 1.33. The van der Waals surface area contributed by atoms with Crippen LogP contribution in [-0.4, -0.2) is 46.8 Å². The van der Waals surface area contributed by atoms with Crippen LogP contribution in [0.3, 0.4) is 0 Å². The molecule has 30 heavy (non-hydrogen) atoms. The number of ether oxygens (including phenoxy) is 2. The third kappa shape index (κ3) is 9.62. The predicted octanol–water partition coefficient (Wildman–Crippen LogP) is 4.45. The molecule has 8 nitrogen and oxygen atoms in total. The lowest BCUT2D eigenvalue weighted by atomic mass is 9.99. The summed E-state index contributed by atoms with van der Waals surface area (Å²) in [7, 11) is 1.48. The number of carboxylic acid groups (broad SMARTS) is 2. The Morgan fingerprint density at radius 3 is 2.07 bits per heavy atom. The maximum Gasteiger partial charge on any atom is 0.314 e. The lowest BCUT2D eigenvalue weighted by Gasteiger charge is -2.22. The maximum atomic E-state index is 11.5. The zero-order chi connectivity index (χ0) is 23.1. The number of aromatic hydroxyl groups is 1. The minimum atomic E-state index is -1.31. The van der Waals surface area contributed by atoms with Crippen molar-refractivity contribution in [3.8, 4) is 17.2 Å². The van der Waals surface area contributed by atoms with E-state index in [1.165, 1.54) is 13.5 Å². The van der Waals surface area contributed by atoms with Crippen molar-refractivity contribution in [3.05, 3.63) is 17.2 Å². The number of carboxylic acids is 2. The molecule has 1 aromatic rings. The van der Waals surface area contributed by atoms with Gasteiger partial charge in [-0.2, -0.15) is 0 Å². The molecular formula is C22H34O8. The molecule has 0 unspecified atom stereocenters. The quantitative estimate of drug-likeness (QED) is 0.240. The van der Waals surface area contributed by atoms with E-state index in [1.807, 2.05) is 13.8 Å². The van der Waals surface area contributed by atoms with E-state index in [4.69, 9.17) is 19.7 Å². The number of carbonyl (C=O) groups excluding carboxylic acids is 1. The molecule has 0 aliphatic heterocycles. The summed E-state index contributed by atoms with van der Waals surface area (Å²) in [6, 6.07) is 1.59. The van der Waals surface area contributed by atoms with Gasteiger partial charge in [0.1, 0.15) is 6.42 Å². The van der Waals surface area contributed by atoms with Crippen LogP contribution >= 0.6 is 0 Å². The first kappa shape index (κ1) is 27.2. The average molecular weight is 427 g/mol. The van der Waals surface area contributed by atoms with Crippen molar-refractivity contribution < 1.29 is 39.2 Å². The first-order valence-corrected chi connectivity index (χ1v) is 10.2. The Morgan fingerprint density at radius 1 is 1.07 bits per heavy atom. The predicted molar refractivity (Wildman–Crippen MR) is 113 cm³/mol. The number of methoxy groups -OCH3 is 1. The molecule has 170 valence electrons. The lowest BCUT2D eigenvalue weighted by molar-refractivity contribution is -0.147. The second-order valence-electron chi connectivity index (χ2n) is 6.77. The van der Waals surface area contributed by atoms with E-state index in [1.54, 1.807) is 6.07 Å². The number of rotatable bonds is 13. The molecule has 0 aromatic heterocycles. The highest BCUT2D eigenvalue weighted by atomic mass is 16.5. The molecule has 0 aliphatic rings. The van der Waals surface area contributed by atoms with Gasteiger partial charge in [-0.3, -0.25) is 14.4 Å². The molecule has 0 heterocycles. The fourth-order valence-corrected chi connectivity index (χ4v) is 2.81. The van der Waals surface area contributed by atoms with Crippen LogP contribution in [0, 0.1) is 0 Å². The van der Waals surface area contributed by atoms with Crippen LogP contribution < -0.4 is 9.47 Å². The molecule has 0 radical (unpaired) electrons. The minimum absolute atomic E-state index is 0.00417. The molecule has 0 bridgehead atoms. The number of hydrogen-bond donors (Lipinski definition) is 3. The van der Waals surface area contributed by atoms with Gasteiger partial charge in [0, 0.05) is 11.1 Å². The highest BCUT2D eigenvalue weighted by molar-refractivity contribution is 5.88. The number of carbonyl (C=O) groups is 3. The third-order valence-corrected chi connectivity index (χ3v) is 4.48. The van der Waals surface area contributed by atoms with Gasteiger partial charge < -0.3 is 24.8 Å². The van der Waals surface area contributed by atoms with Crippen molar-refractivity contribution in [1.82, 2.24) is 0 Å². The van der Waals surface area contributed by atoms with Gasteiger partial charge in [-0.15, -0.1) is 0 Å². The van der Waals surface area contributed by atoms with Crippen LogP contribution in [0.5, 0.6) is 17.2 Å². The molecule has 0 fully saturated rings. The number of benzene rings is 1. The van der Waals surface area contributed by atoms with Crippen molar-refractivity contribution in [1.29, 1.82) is 0 Å². The number of aliphatic carboxylic acids is 2. The Morgan fingerprint density at radius 2 is 1.67 bits per heavy atom. The van der Waals surface area contributed by atoms with Crippen molar-refractivity contribution in [2.24, 2.45) is 0 Å². The van der Waals surface area contributed by atoms with Gasteiger partial charge in [0.25, 0.3) is 0 Å². The van der Waals surface area contributed by atoms with Gasteiger partial charge in [-0.05, 0) is 31.7 Å². The van der Waals surface area contributed by atoms with E-state index in [-0.39, 0.29) is 17.6 Å².